The summed E-state index contributed by atoms with van der Waals surface area (Å²) >= 11 is 0. The molecule has 0 fully saturated rings. The lowest BCUT2D eigenvalue weighted by molar-refractivity contribution is -0.124. The topological polar surface area (TPSA) is 64.3 Å². The number of nitrogens with one attached hydrogen (secondary N) is 1. The van der Waals surface area contributed by atoms with Crippen molar-refractivity contribution in [2.75, 3.05) is 13.2 Å². The summed E-state index contributed by atoms with van der Waals surface area (Å²) in [6.45, 7) is 5.50. The molecular weight excluding hydrogens is 228 g/mol. The van der Waals surface area contributed by atoms with Crippen molar-refractivity contribution >= 4 is 5.91 Å². The Balaban J connectivity index is 2.45. The highest BCUT2D eigenvalue weighted by atomic mass is 16.5. The normalized spacial score (nSPS) is 11.9. The smallest absolute Gasteiger partial charge is 0.224 e. The number of carbonyl (C=O) groups is 1. The fourth-order valence-corrected chi connectivity index (χ4v) is 1.66. The van der Waals surface area contributed by atoms with E-state index in [9.17, 15) is 4.79 Å². The molecule has 0 aliphatic heterocycles. The molecule has 0 saturated carbocycles. The van der Waals surface area contributed by atoms with Crippen molar-refractivity contribution < 1.29 is 9.53 Å². The van der Waals surface area contributed by atoms with Crippen LogP contribution in [0.4, 0.5) is 0 Å². The van der Waals surface area contributed by atoms with E-state index in [4.69, 9.17) is 10.5 Å². The van der Waals surface area contributed by atoms with Crippen LogP contribution in [0.15, 0.2) is 24.3 Å². The maximum Gasteiger partial charge on any atom is 0.224 e. The van der Waals surface area contributed by atoms with E-state index in [-0.39, 0.29) is 11.8 Å². The van der Waals surface area contributed by atoms with Crippen LogP contribution in [0, 0.1) is 5.92 Å². The van der Waals surface area contributed by atoms with Gasteiger partial charge in [0, 0.05) is 19.0 Å². The molecule has 0 aromatic heterocycles. The molecule has 1 unspecified atom stereocenters. The summed E-state index contributed by atoms with van der Waals surface area (Å²) in [5, 5.41) is 2.89. The summed E-state index contributed by atoms with van der Waals surface area (Å²) in [5.74, 6) is 0.780. The molecule has 0 aliphatic carbocycles. The first-order valence-corrected chi connectivity index (χ1v) is 6.40. The van der Waals surface area contributed by atoms with Gasteiger partial charge in [-0.2, -0.15) is 0 Å². The number of hydrogen-bond acceptors (Lipinski definition) is 3. The molecule has 1 atom stereocenters. The summed E-state index contributed by atoms with van der Waals surface area (Å²) in [5.41, 5.74) is 6.58. The Hall–Kier alpha value is -1.55. The Bertz CT molecular complexity index is 359. The minimum absolute atomic E-state index is 0.0221. The average Bonchev–Trinajstić information content (AvgIpc) is 2.40. The zero-order valence-electron chi connectivity index (χ0n) is 11.1. The van der Waals surface area contributed by atoms with Gasteiger partial charge in [0.05, 0.1) is 6.61 Å². The number of benzene rings is 1. The number of carbonyl (C=O) groups excluding carboxylic acids is 1. The molecule has 1 amide bonds. The van der Waals surface area contributed by atoms with E-state index in [2.05, 4.69) is 5.32 Å². The predicted octanol–water partition coefficient (Wildman–Crippen LogP) is 1.69. The lowest BCUT2D eigenvalue weighted by Gasteiger charge is -2.12. The van der Waals surface area contributed by atoms with Crippen LogP contribution in [0.5, 0.6) is 5.75 Å². The second kappa shape index (κ2) is 7.71. The highest BCUT2D eigenvalue weighted by Crippen LogP contribution is 2.12. The van der Waals surface area contributed by atoms with Crippen LogP contribution >= 0.6 is 0 Å². The molecule has 0 saturated heterocycles. The minimum Gasteiger partial charge on any atom is -0.494 e. The zero-order valence-corrected chi connectivity index (χ0v) is 11.1. The second-order valence-corrected chi connectivity index (χ2v) is 4.14. The SMILES string of the molecule is CCOc1ccc(CNC(=O)C(CC)CN)cc1. The number of nitrogens with two attached hydrogens (primary N) is 1. The summed E-state index contributed by atoms with van der Waals surface area (Å²) < 4.78 is 5.36. The van der Waals surface area contributed by atoms with Gasteiger partial charge in [-0.3, -0.25) is 4.79 Å². The van der Waals surface area contributed by atoms with Crippen molar-refractivity contribution in [1.29, 1.82) is 0 Å². The van der Waals surface area contributed by atoms with Gasteiger partial charge in [0.2, 0.25) is 5.91 Å². The summed E-state index contributed by atoms with van der Waals surface area (Å²) in [7, 11) is 0. The van der Waals surface area contributed by atoms with Crippen molar-refractivity contribution in [2.45, 2.75) is 26.8 Å². The molecule has 3 N–H and O–H groups in total. The van der Waals surface area contributed by atoms with E-state index in [0.717, 1.165) is 17.7 Å². The van der Waals surface area contributed by atoms with E-state index in [1.54, 1.807) is 0 Å². The highest BCUT2D eigenvalue weighted by Gasteiger charge is 2.13. The largest absolute Gasteiger partial charge is 0.494 e. The maximum atomic E-state index is 11.7. The summed E-state index contributed by atoms with van der Waals surface area (Å²) in [4.78, 5) is 11.7. The third-order valence-corrected chi connectivity index (χ3v) is 2.85. The number of rotatable bonds is 7. The van der Waals surface area contributed by atoms with Gasteiger partial charge < -0.3 is 15.8 Å². The van der Waals surface area contributed by atoms with Gasteiger partial charge >= 0.3 is 0 Å². The van der Waals surface area contributed by atoms with E-state index >= 15 is 0 Å². The van der Waals surface area contributed by atoms with Crippen LogP contribution in [0.1, 0.15) is 25.8 Å². The van der Waals surface area contributed by atoms with Gasteiger partial charge in [-0.25, -0.2) is 0 Å². The van der Waals surface area contributed by atoms with Crippen LogP contribution in [0.3, 0.4) is 0 Å². The molecular formula is C14H22N2O2. The van der Waals surface area contributed by atoms with Crippen LogP contribution in [0.25, 0.3) is 0 Å². The van der Waals surface area contributed by atoms with E-state index in [1.807, 2.05) is 38.1 Å². The first-order chi connectivity index (χ1) is 8.71. The van der Waals surface area contributed by atoms with Crippen LogP contribution < -0.4 is 15.8 Å². The van der Waals surface area contributed by atoms with Crippen molar-refractivity contribution in [3.63, 3.8) is 0 Å². The summed E-state index contributed by atoms with van der Waals surface area (Å²) in [6.07, 6.45) is 0.769. The molecule has 1 rings (SSSR count). The van der Waals surface area contributed by atoms with Crippen LogP contribution in [-0.4, -0.2) is 19.1 Å². The van der Waals surface area contributed by atoms with Gasteiger partial charge in [-0.1, -0.05) is 19.1 Å². The fourth-order valence-electron chi connectivity index (χ4n) is 1.66. The third kappa shape index (κ3) is 4.37. The number of ether oxygens (including phenoxy) is 1. The number of hydrogen-bond donors (Lipinski definition) is 2. The van der Waals surface area contributed by atoms with Gasteiger partial charge in [0.1, 0.15) is 5.75 Å². The average molecular weight is 250 g/mol. The molecule has 4 nitrogen and oxygen atoms in total. The molecule has 1 aromatic carbocycles. The Morgan fingerprint density at radius 2 is 2.00 bits per heavy atom. The molecule has 0 bridgehead atoms. The molecule has 0 heterocycles. The van der Waals surface area contributed by atoms with Gasteiger partial charge in [-0.05, 0) is 31.0 Å². The fraction of sp³-hybridized carbons (Fsp3) is 0.500. The van der Waals surface area contributed by atoms with Gasteiger partial charge in [0.15, 0.2) is 0 Å². The van der Waals surface area contributed by atoms with Gasteiger partial charge in [0.25, 0.3) is 0 Å². The maximum absolute atomic E-state index is 11.7. The van der Waals surface area contributed by atoms with E-state index in [0.29, 0.717) is 19.7 Å². The molecule has 18 heavy (non-hydrogen) atoms. The Morgan fingerprint density at radius 3 is 2.50 bits per heavy atom. The van der Waals surface area contributed by atoms with Crippen LogP contribution in [0.2, 0.25) is 0 Å². The van der Waals surface area contributed by atoms with Crippen molar-refractivity contribution in [2.24, 2.45) is 11.7 Å². The monoisotopic (exact) mass is 250 g/mol. The zero-order chi connectivity index (χ0) is 13.4. The Labute approximate surface area is 109 Å². The summed E-state index contributed by atoms with van der Waals surface area (Å²) in [6, 6.07) is 7.72. The Morgan fingerprint density at radius 1 is 1.33 bits per heavy atom. The first kappa shape index (κ1) is 14.5. The van der Waals surface area contributed by atoms with Crippen molar-refractivity contribution in [1.82, 2.24) is 5.32 Å². The van der Waals surface area contributed by atoms with Crippen LogP contribution in [-0.2, 0) is 11.3 Å². The lowest BCUT2D eigenvalue weighted by atomic mass is 10.1. The minimum atomic E-state index is -0.0901. The van der Waals surface area contributed by atoms with Crippen molar-refractivity contribution in [3.05, 3.63) is 29.8 Å². The first-order valence-electron chi connectivity index (χ1n) is 6.40. The predicted molar refractivity (Wildman–Crippen MR) is 72.3 cm³/mol. The lowest BCUT2D eigenvalue weighted by Crippen LogP contribution is -2.34. The molecule has 4 heteroatoms. The standard InChI is InChI=1S/C14H22N2O2/c1-3-12(9-15)14(17)16-10-11-5-7-13(8-6-11)18-4-2/h5-8,12H,3-4,9-10,15H2,1-2H3,(H,16,17). The molecule has 0 spiro atoms. The molecule has 1 aromatic rings. The van der Waals surface area contributed by atoms with E-state index in [1.165, 1.54) is 0 Å². The highest BCUT2D eigenvalue weighted by molar-refractivity contribution is 5.78. The van der Waals surface area contributed by atoms with E-state index < -0.39 is 0 Å². The van der Waals surface area contributed by atoms with Gasteiger partial charge in [-0.15, -0.1) is 0 Å². The number of amides is 1. The molecule has 0 aliphatic rings. The molecule has 0 radical (unpaired) electrons. The Kier molecular flexibility index (Phi) is 6.22. The quantitative estimate of drug-likeness (QED) is 0.774. The second-order valence-electron chi connectivity index (χ2n) is 4.14. The third-order valence-electron chi connectivity index (χ3n) is 2.85. The molecule has 100 valence electrons. The van der Waals surface area contributed by atoms with Crippen molar-refractivity contribution in [3.8, 4) is 5.75 Å².